The van der Waals surface area contributed by atoms with Gasteiger partial charge < -0.3 is 10.2 Å². The van der Waals surface area contributed by atoms with Gasteiger partial charge in [0.2, 0.25) is 5.91 Å². The molecule has 2 atom stereocenters. The molecule has 0 saturated carbocycles. The molecule has 0 aromatic heterocycles. The number of rotatable bonds is 2. The van der Waals surface area contributed by atoms with Crippen LogP contribution in [0.15, 0.2) is 0 Å². The van der Waals surface area contributed by atoms with Gasteiger partial charge in [-0.2, -0.15) is 0 Å². The Morgan fingerprint density at radius 1 is 1.36 bits per heavy atom. The monoisotopic (exact) mass is 196 g/mol. The molecule has 2 heterocycles. The molecule has 14 heavy (non-hydrogen) atoms. The van der Waals surface area contributed by atoms with E-state index in [-0.39, 0.29) is 0 Å². The molecule has 0 radical (unpaired) electrons. The minimum absolute atomic E-state index is 0.356. The van der Waals surface area contributed by atoms with E-state index in [1.807, 2.05) is 0 Å². The van der Waals surface area contributed by atoms with Crippen molar-refractivity contribution in [3.63, 3.8) is 0 Å². The summed E-state index contributed by atoms with van der Waals surface area (Å²) in [4.78, 5) is 13.9. The largest absolute Gasteiger partial charge is 0.342 e. The van der Waals surface area contributed by atoms with Crippen LogP contribution < -0.4 is 5.32 Å². The van der Waals surface area contributed by atoms with Gasteiger partial charge >= 0.3 is 0 Å². The van der Waals surface area contributed by atoms with Crippen molar-refractivity contribution in [2.24, 2.45) is 17.8 Å². The fourth-order valence-corrected chi connectivity index (χ4v) is 2.54. The van der Waals surface area contributed by atoms with Gasteiger partial charge in [-0.25, -0.2) is 0 Å². The average Bonchev–Trinajstić information content (AvgIpc) is 2.58. The fourth-order valence-electron chi connectivity index (χ4n) is 2.54. The summed E-state index contributed by atoms with van der Waals surface area (Å²) in [6.45, 7) is 8.41. The second kappa shape index (κ2) is 3.89. The van der Waals surface area contributed by atoms with Crippen molar-refractivity contribution in [2.45, 2.75) is 20.3 Å². The molecule has 80 valence electrons. The van der Waals surface area contributed by atoms with Gasteiger partial charge in [0.25, 0.3) is 0 Å². The van der Waals surface area contributed by atoms with Crippen LogP contribution in [0.2, 0.25) is 0 Å². The summed E-state index contributed by atoms with van der Waals surface area (Å²) < 4.78 is 0. The molecule has 0 aromatic rings. The first kappa shape index (κ1) is 9.97. The van der Waals surface area contributed by atoms with E-state index in [2.05, 4.69) is 24.1 Å². The van der Waals surface area contributed by atoms with Crippen LogP contribution in [-0.2, 0) is 4.79 Å². The molecule has 2 aliphatic rings. The minimum Gasteiger partial charge on any atom is -0.342 e. The van der Waals surface area contributed by atoms with E-state index in [0.717, 1.165) is 38.0 Å². The summed E-state index contributed by atoms with van der Waals surface area (Å²) in [5, 5.41) is 3.39. The molecular weight excluding hydrogens is 176 g/mol. The zero-order valence-corrected chi connectivity index (χ0v) is 9.12. The molecule has 3 heteroatoms. The molecule has 2 fully saturated rings. The second-order valence-electron chi connectivity index (χ2n) is 5.08. The predicted molar refractivity (Wildman–Crippen MR) is 55.9 cm³/mol. The van der Waals surface area contributed by atoms with Crippen molar-refractivity contribution in [1.29, 1.82) is 0 Å². The summed E-state index contributed by atoms with van der Waals surface area (Å²) in [6, 6.07) is 0. The van der Waals surface area contributed by atoms with Crippen LogP contribution in [0.5, 0.6) is 0 Å². The van der Waals surface area contributed by atoms with E-state index in [9.17, 15) is 4.79 Å². The first-order chi connectivity index (χ1) is 6.66. The number of carbonyl (C=O) groups is 1. The van der Waals surface area contributed by atoms with Gasteiger partial charge in [0.15, 0.2) is 0 Å². The van der Waals surface area contributed by atoms with Crippen molar-refractivity contribution >= 4 is 5.91 Å². The Morgan fingerprint density at radius 3 is 2.43 bits per heavy atom. The van der Waals surface area contributed by atoms with Gasteiger partial charge in [0, 0.05) is 32.6 Å². The standard InChI is InChI=1S/C11H20N2O/c1-8(2)3-11(14)13-6-9-4-12-5-10(9)7-13/h8-10,12H,3-7H2,1-2H3/t9-,10+. The Balaban J connectivity index is 1.86. The van der Waals surface area contributed by atoms with Crippen LogP contribution in [-0.4, -0.2) is 37.0 Å². The number of hydrogen-bond donors (Lipinski definition) is 1. The van der Waals surface area contributed by atoms with Gasteiger partial charge in [0.05, 0.1) is 0 Å². The Bertz CT molecular complexity index is 215. The predicted octanol–water partition coefficient (Wildman–Crippen LogP) is 0.710. The van der Waals surface area contributed by atoms with E-state index in [4.69, 9.17) is 0 Å². The van der Waals surface area contributed by atoms with Crippen LogP contribution in [0.4, 0.5) is 0 Å². The molecule has 0 spiro atoms. The fraction of sp³-hybridized carbons (Fsp3) is 0.909. The van der Waals surface area contributed by atoms with E-state index >= 15 is 0 Å². The van der Waals surface area contributed by atoms with E-state index in [1.165, 1.54) is 0 Å². The lowest BCUT2D eigenvalue weighted by Crippen LogP contribution is -2.32. The van der Waals surface area contributed by atoms with Crippen molar-refractivity contribution < 1.29 is 4.79 Å². The number of hydrogen-bond acceptors (Lipinski definition) is 2. The topological polar surface area (TPSA) is 32.3 Å². The maximum atomic E-state index is 11.8. The van der Waals surface area contributed by atoms with Gasteiger partial charge in [-0.3, -0.25) is 4.79 Å². The molecule has 2 aliphatic heterocycles. The lowest BCUT2D eigenvalue weighted by molar-refractivity contribution is -0.131. The Kier molecular flexibility index (Phi) is 2.77. The SMILES string of the molecule is CC(C)CC(=O)N1C[C@H]2CNC[C@H]2C1. The molecule has 3 nitrogen and oxygen atoms in total. The third-order valence-electron chi connectivity index (χ3n) is 3.33. The van der Waals surface area contributed by atoms with Crippen LogP contribution >= 0.6 is 0 Å². The van der Waals surface area contributed by atoms with Gasteiger partial charge in [0.1, 0.15) is 0 Å². The van der Waals surface area contributed by atoms with Gasteiger partial charge in [-0.1, -0.05) is 13.8 Å². The number of nitrogens with one attached hydrogen (secondary N) is 1. The highest BCUT2D eigenvalue weighted by molar-refractivity contribution is 5.76. The van der Waals surface area contributed by atoms with Crippen molar-refractivity contribution in [3.05, 3.63) is 0 Å². The lowest BCUT2D eigenvalue weighted by Gasteiger charge is -2.18. The quantitative estimate of drug-likeness (QED) is 0.705. The van der Waals surface area contributed by atoms with Gasteiger partial charge in [-0.05, 0) is 17.8 Å². The second-order valence-corrected chi connectivity index (χ2v) is 5.08. The Morgan fingerprint density at radius 2 is 1.93 bits per heavy atom. The number of likely N-dealkylation sites (tertiary alicyclic amines) is 1. The summed E-state index contributed by atoms with van der Waals surface area (Å²) in [5.74, 6) is 2.30. The van der Waals surface area contributed by atoms with E-state index in [1.54, 1.807) is 0 Å². The molecular formula is C11H20N2O. The Labute approximate surface area is 85.8 Å². The highest BCUT2D eigenvalue weighted by Crippen LogP contribution is 2.26. The maximum Gasteiger partial charge on any atom is 0.222 e. The smallest absolute Gasteiger partial charge is 0.222 e. The van der Waals surface area contributed by atoms with E-state index in [0.29, 0.717) is 18.2 Å². The number of amides is 1. The summed E-state index contributed by atoms with van der Waals surface area (Å²) in [7, 11) is 0. The Hall–Kier alpha value is -0.570. The van der Waals surface area contributed by atoms with Crippen molar-refractivity contribution in [2.75, 3.05) is 26.2 Å². The van der Waals surface area contributed by atoms with Gasteiger partial charge in [-0.15, -0.1) is 0 Å². The molecule has 0 unspecified atom stereocenters. The molecule has 0 aromatic carbocycles. The summed E-state index contributed by atoms with van der Waals surface area (Å²) >= 11 is 0. The zero-order valence-electron chi connectivity index (χ0n) is 9.12. The highest BCUT2D eigenvalue weighted by Gasteiger charge is 2.37. The average molecular weight is 196 g/mol. The van der Waals surface area contributed by atoms with Crippen LogP contribution in [0.1, 0.15) is 20.3 Å². The third kappa shape index (κ3) is 1.92. The van der Waals surface area contributed by atoms with Crippen LogP contribution in [0.3, 0.4) is 0 Å². The summed E-state index contributed by atoms with van der Waals surface area (Å²) in [5.41, 5.74) is 0. The number of carbonyl (C=O) groups excluding carboxylic acids is 1. The molecule has 2 saturated heterocycles. The van der Waals surface area contributed by atoms with Crippen LogP contribution in [0.25, 0.3) is 0 Å². The van der Waals surface area contributed by atoms with Crippen LogP contribution in [0, 0.1) is 17.8 Å². The third-order valence-corrected chi connectivity index (χ3v) is 3.33. The minimum atomic E-state index is 0.356. The lowest BCUT2D eigenvalue weighted by atomic mass is 10.0. The molecule has 0 bridgehead atoms. The molecule has 2 rings (SSSR count). The molecule has 1 amide bonds. The van der Waals surface area contributed by atoms with Crippen molar-refractivity contribution in [3.8, 4) is 0 Å². The first-order valence-electron chi connectivity index (χ1n) is 5.65. The zero-order chi connectivity index (χ0) is 10.1. The molecule has 1 N–H and O–H groups in total. The molecule has 0 aliphatic carbocycles. The number of nitrogens with zero attached hydrogens (tertiary/aromatic N) is 1. The number of fused-ring (bicyclic) bond motifs is 1. The normalized spacial score (nSPS) is 31.2. The van der Waals surface area contributed by atoms with Crippen molar-refractivity contribution in [1.82, 2.24) is 10.2 Å². The maximum absolute atomic E-state index is 11.8. The van der Waals surface area contributed by atoms with E-state index < -0.39 is 0 Å². The summed E-state index contributed by atoms with van der Waals surface area (Å²) in [6.07, 6.45) is 0.715. The highest BCUT2D eigenvalue weighted by atomic mass is 16.2. The first-order valence-corrected chi connectivity index (χ1v) is 5.65.